The van der Waals surface area contributed by atoms with Gasteiger partial charge in [0.25, 0.3) is 0 Å². The Morgan fingerprint density at radius 1 is 1.33 bits per heavy atom. The molecule has 2 saturated heterocycles. The minimum absolute atomic E-state index is 0.309. The van der Waals surface area contributed by atoms with Crippen molar-refractivity contribution in [1.82, 2.24) is 14.5 Å². The zero-order valence-corrected chi connectivity index (χ0v) is 12.2. The van der Waals surface area contributed by atoms with Crippen LogP contribution in [-0.4, -0.2) is 68.2 Å². The van der Waals surface area contributed by atoms with Crippen molar-refractivity contribution in [2.75, 3.05) is 39.3 Å². The number of sulfonamides is 1. The Hall–Kier alpha value is -0.170. The molecule has 0 radical (unpaired) electrons. The summed E-state index contributed by atoms with van der Waals surface area (Å²) in [6, 6.07) is 0.412. The van der Waals surface area contributed by atoms with Gasteiger partial charge in [0.1, 0.15) is 0 Å². The van der Waals surface area contributed by atoms with Crippen molar-refractivity contribution in [3.63, 3.8) is 0 Å². The summed E-state index contributed by atoms with van der Waals surface area (Å²) in [5.74, 6) is 0. The highest BCUT2D eigenvalue weighted by atomic mass is 32.2. The van der Waals surface area contributed by atoms with Crippen LogP contribution in [0.15, 0.2) is 0 Å². The second-order valence-corrected chi connectivity index (χ2v) is 7.69. The molecule has 0 aromatic heterocycles. The van der Waals surface area contributed by atoms with E-state index >= 15 is 0 Å². The van der Waals surface area contributed by atoms with E-state index in [1.807, 2.05) is 0 Å². The number of nitrogens with zero attached hydrogens (tertiary/aromatic N) is 2. The van der Waals surface area contributed by atoms with Crippen LogP contribution in [0.5, 0.6) is 0 Å². The maximum atomic E-state index is 12.4. The van der Waals surface area contributed by atoms with Gasteiger partial charge < -0.3 is 5.32 Å². The quantitative estimate of drug-likeness (QED) is 0.793. The van der Waals surface area contributed by atoms with Gasteiger partial charge in [-0.05, 0) is 32.9 Å². The van der Waals surface area contributed by atoms with E-state index in [0.29, 0.717) is 25.7 Å². The lowest BCUT2D eigenvalue weighted by Crippen LogP contribution is -2.45. The lowest BCUT2D eigenvalue weighted by molar-refractivity contribution is 0.228. The first-order valence-electron chi connectivity index (χ1n) is 6.99. The number of nitrogens with one attached hydrogen (secondary N) is 1. The third kappa shape index (κ3) is 2.87. The Morgan fingerprint density at radius 2 is 2.11 bits per heavy atom. The van der Waals surface area contributed by atoms with Crippen molar-refractivity contribution in [2.45, 2.75) is 38.0 Å². The topological polar surface area (TPSA) is 52.6 Å². The molecule has 2 aliphatic heterocycles. The molecule has 0 bridgehead atoms. The molecule has 2 aliphatic rings. The molecule has 2 fully saturated rings. The van der Waals surface area contributed by atoms with Crippen LogP contribution < -0.4 is 5.32 Å². The average molecular weight is 275 g/mol. The van der Waals surface area contributed by atoms with E-state index in [-0.39, 0.29) is 5.25 Å². The van der Waals surface area contributed by atoms with Crippen LogP contribution in [0.3, 0.4) is 0 Å². The van der Waals surface area contributed by atoms with Gasteiger partial charge in [-0.2, -0.15) is 4.31 Å². The third-order valence-electron chi connectivity index (χ3n) is 4.16. The normalized spacial score (nSPS) is 34.6. The van der Waals surface area contributed by atoms with E-state index in [1.54, 1.807) is 11.2 Å². The standard InChI is InChI=1S/C12H25N3O2S/c1-3-14-7-4-5-12(14)10-15-8-6-13-9-11(2)18(15,16)17/h11-13H,3-10H2,1-2H3. The molecule has 2 atom stereocenters. The second-order valence-electron chi connectivity index (χ2n) is 5.34. The van der Waals surface area contributed by atoms with E-state index in [1.165, 1.54) is 6.42 Å². The Kier molecular flexibility index (Phi) is 4.64. The summed E-state index contributed by atoms with van der Waals surface area (Å²) >= 11 is 0. The van der Waals surface area contributed by atoms with E-state index in [9.17, 15) is 8.42 Å². The summed E-state index contributed by atoms with van der Waals surface area (Å²) in [4.78, 5) is 2.40. The zero-order valence-electron chi connectivity index (χ0n) is 11.4. The summed E-state index contributed by atoms with van der Waals surface area (Å²) < 4.78 is 26.5. The lowest BCUT2D eigenvalue weighted by Gasteiger charge is -2.29. The fourth-order valence-corrected chi connectivity index (χ4v) is 4.51. The molecule has 1 N–H and O–H groups in total. The summed E-state index contributed by atoms with van der Waals surface area (Å²) in [5.41, 5.74) is 0. The number of rotatable bonds is 3. The summed E-state index contributed by atoms with van der Waals surface area (Å²) in [5, 5.41) is 2.89. The first-order chi connectivity index (χ1) is 8.55. The number of hydrogen-bond donors (Lipinski definition) is 1. The number of likely N-dealkylation sites (N-methyl/N-ethyl adjacent to an activating group) is 1. The molecule has 18 heavy (non-hydrogen) atoms. The van der Waals surface area contributed by atoms with Gasteiger partial charge in [-0.3, -0.25) is 4.90 Å². The number of likely N-dealkylation sites (tertiary alicyclic amines) is 1. The van der Waals surface area contributed by atoms with Crippen LogP contribution in [0.2, 0.25) is 0 Å². The Bertz CT molecular complexity index is 372. The summed E-state index contributed by atoms with van der Waals surface area (Å²) in [6.07, 6.45) is 2.32. The van der Waals surface area contributed by atoms with E-state index < -0.39 is 10.0 Å². The Morgan fingerprint density at radius 3 is 2.83 bits per heavy atom. The molecule has 2 heterocycles. The largest absolute Gasteiger partial charge is 0.314 e. The van der Waals surface area contributed by atoms with Crippen molar-refractivity contribution in [1.29, 1.82) is 0 Å². The minimum atomic E-state index is -3.11. The second kappa shape index (κ2) is 5.86. The fraction of sp³-hybridized carbons (Fsp3) is 1.00. The predicted octanol–water partition coefficient (Wildman–Crippen LogP) is 0.0942. The molecule has 6 heteroatoms. The van der Waals surface area contributed by atoms with Crippen molar-refractivity contribution >= 4 is 10.0 Å². The summed E-state index contributed by atoms with van der Waals surface area (Å²) in [6.45, 7) is 8.70. The first kappa shape index (κ1) is 14.2. The van der Waals surface area contributed by atoms with Crippen LogP contribution in [-0.2, 0) is 10.0 Å². The number of hydrogen-bond acceptors (Lipinski definition) is 4. The Labute approximate surface area is 111 Å². The van der Waals surface area contributed by atoms with Crippen LogP contribution in [0.4, 0.5) is 0 Å². The first-order valence-corrected chi connectivity index (χ1v) is 8.49. The SMILES string of the molecule is CCN1CCCC1CN1CCNCC(C)S1(=O)=O. The minimum Gasteiger partial charge on any atom is -0.314 e. The maximum absolute atomic E-state index is 12.4. The van der Waals surface area contributed by atoms with Crippen molar-refractivity contribution in [3.05, 3.63) is 0 Å². The van der Waals surface area contributed by atoms with Gasteiger partial charge in [0.2, 0.25) is 10.0 Å². The molecule has 0 aromatic rings. The van der Waals surface area contributed by atoms with Crippen LogP contribution >= 0.6 is 0 Å². The van der Waals surface area contributed by atoms with Gasteiger partial charge in [-0.15, -0.1) is 0 Å². The molecule has 5 nitrogen and oxygen atoms in total. The maximum Gasteiger partial charge on any atom is 0.218 e. The molecule has 0 aliphatic carbocycles. The molecule has 0 amide bonds. The van der Waals surface area contributed by atoms with E-state index in [2.05, 4.69) is 17.1 Å². The molecular formula is C12H25N3O2S. The molecule has 0 spiro atoms. The predicted molar refractivity (Wildman–Crippen MR) is 73.1 cm³/mol. The highest BCUT2D eigenvalue weighted by Gasteiger charge is 2.34. The highest BCUT2D eigenvalue weighted by molar-refractivity contribution is 7.89. The molecular weight excluding hydrogens is 250 g/mol. The van der Waals surface area contributed by atoms with Gasteiger partial charge in [0.15, 0.2) is 0 Å². The molecule has 106 valence electrons. The molecule has 0 saturated carbocycles. The van der Waals surface area contributed by atoms with E-state index in [0.717, 1.165) is 26.1 Å². The van der Waals surface area contributed by atoms with Crippen molar-refractivity contribution in [3.8, 4) is 0 Å². The fourth-order valence-electron chi connectivity index (χ4n) is 2.94. The van der Waals surface area contributed by atoms with Gasteiger partial charge in [-0.1, -0.05) is 6.92 Å². The van der Waals surface area contributed by atoms with Gasteiger partial charge in [0, 0.05) is 32.2 Å². The monoisotopic (exact) mass is 275 g/mol. The van der Waals surface area contributed by atoms with Crippen LogP contribution in [0.1, 0.15) is 26.7 Å². The van der Waals surface area contributed by atoms with E-state index in [4.69, 9.17) is 0 Å². The van der Waals surface area contributed by atoms with Gasteiger partial charge >= 0.3 is 0 Å². The summed E-state index contributed by atoms with van der Waals surface area (Å²) in [7, 11) is -3.11. The van der Waals surface area contributed by atoms with Crippen molar-refractivity contribution < 1.29 is 8.42 Å². The smallest absolute Gasteiger partial charge is 0.218 e. The molecule has 2 rings (SSSR count). The zero-order chi connectivity index (χ0) is 13.2. The molecule has 2 unspecified atom stereocenters. The lowest BCUT2D eigenvalue weighted by atomic mass is 10.2. The highest BCUT2D eigenvalue weighted by Crippen LogP contribution is 2.20. The van der Waals surface area contributed by atoms with Crippen molar-refractivity contribution in [2.24, 2.45) is 0 Å². The molecule has 0 aromatic carbocycles. The Balaban J connectivity index is 2.06. The van der Waals surface area contributed by atoms with Crippen LogP contribution in [0.25, 0.3) is 0 Å². The van der Waals surface area contributed by atoms with Gasteiger partial charge in [-0.25, -0.2) is 8.42 Å². The van der Waals surface area contributed by atoms with Gasteiger partial charge in [0.05, 0.1) is 5.25 Å². The third-order valence-corrected chi connectivity index (χ3v) is 6.39. The average Bonchev–Trinajstić information content (AvgIpc) is 2.74. The van der Waals surface area contributed by atoms with Crippen LogP contribution in [0, 0.1) is 0 Å².